The van der Waals surface area contributed by atoms with Gasteiger partial charge in [-0.25, -0.2) is 0 Å². The van der Waals surface area contributed by atoms with Gasteiger partial charge in [-0.3, -0.25) is 4.79 Å². The minimum absolute atomic E-state index is 0. The van der Waals surface area contributed by atoms with Crippen molar-refractivity contribution in [3.8, 4) is 0 Å². The van der Waals surface area contributed by atoms with Crippen molar-refractivity contribution in [1.29, 1.82) is 0 Å². The zero-order valence-corrected chi connectivity index (χ0v) is 12.5. The lowest BCUT2D eigenvalue weighted by Gasteiger charge is -2.22. The molecule has 2 N–H and O–H groups in total. The maximum atomic E-state index is 11.9. The molecule has 0 saturated carbocycles. The van der Waals surface area contributed by atoms with Crippen LogP contribution in [0.25, 0.3) is 0 Å². The molecule has 1 aliphatic rings. The number of amides is 1. The number of benzene rings is 1. The first-order chi connectivity index (χ1) is 8.27. The Bertz CT molecular complexity index is 394. The lowest BCUT2D eigenvalue weighted by atomic mass is 10.0. The molecule has 0 aliphatic carbocycles. The summed E-state index contributed by atoms with van der Waals surface area (Å²) in [5.41, 5.74) is 1.11. The Morgan fingerprint density at radius 3 is 2.83 bits per heavy atom. The third kappa shape index (κ3) is 4.26. The van der Waals surface area contributed by atoms with Crippen molar-refractivity contribution < 1.29 is 4.79 Å². The van der Waals surface area contributed by atoms with Gasteiger partial charge >= 0.3 is 0 Å². The van der Waals surface area contributed by atoms with E-state index in [9.17, 15) is 4.79 Å². The average molecular weight is 334 g/mol. The van der Waals surface area contributed by atoms with Crippen LogP contribution in [0.4, 0.5) is 0 Å². The van der Waals surface area contributed by atoms with Crippen LogP contribution in [-0.2, 0) is 11.3 Å². The smallest absolute Gasteiger partial charge is 0.237 e. The Morgan fingerprint density at radius 2 is 2.17 bits per heavy atom. The first-order valence-electron chi connectivity index (χ1n) is 6.02. The van der Waals surface area contributed by atoms with Crippen LogP contribution < -0.4 is 10.6 Å². The number of carbonyl (C=O) groups excluding carboxylic acids is 1. The second-order valence-corrected chi connectivity index (χ2v) is 5.17. The summed E-state index contributed by atoms with van der Waals surface area (Å²) < 4.78 is 1.04. The van der Waals surface area contributed by atoms with Crippen molar-refractivity contribution in [3.05, 3.63) is 34.3 Å². The Labute approximate surface area is 122 Å². The van der Waals surface area contributed by atoms with Gasteiger partial charge in [0.1, 0.15) is 0 Å². The zero-order chi connectivity index (χ0) is 12.1. The van der Waals surface area contributed by atoms with Crippen molar-refractivity contribution in [2.45, 2.75) is 31.8 Å². The summed E-state index contributed by atoms with van der Waals surface area (Å²) in [4.78, 5) is 11.9. The molecule has 1 saturated heterocycles. The van der Waals surface area contributed by atoms with Gasteiger partial charge in [-0.2, -0.15) is 0 Å². The molecule has 3 nitrogen and oxygen atoms in total. The molecule has 1 aliphatic heterocycles. The molecule has 1 aromatic carbocycles. The Hall–Kier alpha value is -0.580. The van der Waals surface area contributed by atoms with Crippen LogP contribution in [0.1, 0.15) is 24.8 Å². The highest BCUT2D eigenvalue weighted by Gasteiger charge is 2.19. The van der Waals surface area contributed by atoms with E-state index in [4.69, 9.17) is 0 Å². The summed E-state index contributed by atoms with van der Waals surface area (Å²) in [6.45, 7) is 1.53. The molecule has 5 heteroatoms. The van der Waals surface area contributed by atoms with Crippen molar-refractivity contribution >= 4 is 34.2 Å². The summed E-state index contributed by atoms with van der Waals surface area (Å²) in [7, 11) is 0. The highest BCUT2D eigenvalue weighted by atomic mass is 79.9. The van der Waals surface area contributed by atoms with Crippen LogP contribution in [0.3, 0.4) is 0 Å². The van der Waals surface area contributed by atoms with Gasteiger partial charge in [0.2, 0.25) is 5.91 Å². The van der Waals surface area contributed by atoms with E-state index in [2.05, 4.69) is 26.6 Å². The molecule has 18 heavy (non-hydrogen) atoms. The third-order valence-electron chi connectivity index (χ3n) is 3.04. The number of hydrogen-bond donors (Lipinski definition) is 2. The second-order valence-electron chi connectivity index (χ2n) is 4.31. The summed E-state index contributed by atoms with van der Waals surface area (Å²) in [5.74, 6) is 0.112. The maximum absolute atomic E-state index is 11.9. The van der Waals surface area contributed by atoms with E-state index >= 15 is 0 Å². The van der Waals surface area contributed by atoms with E-state index in [0.29, 0.717) is 6.54 Å². The second kappa shape index (κ2) is 7.77. The molecule has 1 unspecified atom stereocenters. The molecule has 0 bridgehead atoms. The monoisotopic (exact) mass is 332 g/mol. The highest BCUT2D eigenvalue weighted by molar-refractivity contribution is 9.10. The SMILES string of the molecule is Cl.O=C(NCc1ccccc1Br)C1CCCCN1. The van der Waals surface area contributed by atoms with Gasteiger partial charge in [0.05, 0.1) is 6.04 Å². The molecule has 1 heterocycles. The predicted molar refractivity (Wildman–Crippen MR) is 78.9 cm³/mol. The van der Waals surface area contributed by atoms with Crippen LogP contribution in [0.15, 0.2) is 28.7 Å². The largest absolute Gasteiger partial charge is 0.351 e. The number of halogens is 2. The summed E-state index contributed by atoms with van der Waals surface area (Å²) >= 11 is 3.48. The minimum atomic E-state index is -0.00811. The Balaban J connectivity index is 0.00000162. The van der Waals surface area contributed by atoms with Crippen LogP contribution >= 0.6 is 28.3 Å². The molecule has 0 aromatic heterocycles. The van der Waals surface area contributed by atoms with Crippen molar-refractivity contribution in [3.63, 3.8) is 0 Å². The van der Waals surface area contributed by atoms with Crippen LogP contribution in [0, 0.1) is 0 Å². The first-order valence-corrected chi connectivity index (χ1v) is 6.81. The van der Waals surface area contributed by atoms with Gasteiger partial charge in [0, 0.05) is 11.0 Å². The van der Waals surface area contributed by atoms with Gasteiger partial charge in [-0.05, 0) is 31.0 Å². The Morgan fingerprint density at radius 1 is 1.39 bits per heavy atom. The number of carbonyl (C=O) groups is 1. The number of piperidine rings is 1. The minimum Gasteiger partial charge on any atom is -0.351 e. The highest BCUT2D eigenvalue weighted by Crippen LogP contribution is 2.15. The first kappa shape index (κ1) is 15.5. The van der Waals surface area contributed by atoms with Crippen molar-refractivity contribution in [1.82, 2.24) is 10.6 Å². The molecular weight excluding hydrogens is 316 g/mol. The summed E-state index contributed by atoms with van der Waals surface area (Å²) in [6.07, 6.45) is 3.26. The molecular formula is C13H18BrClN2O. The standard InChI is InChI=1S/C13H17BrN2O.ClH/c14-11-6-2-1-5-10(11)9-16-13(17)12-7-3-4-8-15-12;/h1-2,5-6,12,15H,3-4,7-9H2,(H,16,17);1H. The van der Waals surface area contributed by atoms with Gasteiger partial charge < -0.3 is 10.6 Å². The van der Waals surface area contributed by atoms with Crippen LogP contribution in [-0.4, -0.2) is 18.5 Å². The quantitative estimate of drug-likeness (QED) is 0.893. The summed E-state index contributed by atoms with van der Waals surface area (Å²) in [5, 5.41) is 6.22. The normalized spacial score (nSPS) is 18.8. The van der Waals surface area contributed by atoms with E-state index in [-0.39, 0.29) is 24.4 Å². The topological polar surface area (TPSA) is 41.1 Å². The third-order valence-corrected chi connectivity index (χ3v) is 3.81. The molecule has 1 atom stereocenters. The van der Waals surface area contributed by atoms with Gasteiger partial charge in [0.25, 0.3) is 0 Å². The van der Waals surface area contributed by atoms with Gasteiger partial charge in [0.15, 0.2) is 0 Å². The van der Waals surface area contributed by atoms with Crippen LogP contribution in [0.5, 0.6) is 0 Å². The molecule has 1 amide bonds. The van der Waals surface area contributed by atoms with Gasteiger partial charge in [-0.1, -0.05) is 40.5 Å². The van der Waals surface area contributed by atoms with Crippen LogP contribution in [0.2, 0.25) is 0 Å². The maximum Gasteiger partial charge on any atom is 0.237 e. The molecule has 0 radical (unpaired) electrons. The van der Waals surface area contributed by atoms with E-state index in [1.54, 1.807) is 0 Å². The van der Waals surface area contributed by atoms with E-state index in [1.165, 1.54) is 6.42 Å². The molecule has 2 rings (SSSR count). The number of rotatable bonds is 3. The summed E-state index contributed by atoms with van der Waals surface area (Å²) in [6, 6.07) is 7.94. The molecule has 1 fully saturated rings. The Kier molecular flexibility index (Phi) is 6.68. The lowest BCUT2D eigenvalue weighted by molar-refractivity contribution is -0.123. The van der Waals surface area contributed by atoms with E-state index in [1.807, 2.05) is 24.3 Å². The van der Waals surface area contributed by atoms with Gasteiger partial charge in [-0.15, -0.1) is 12.4 Å². The van der Waals surface area contributed by atoms with E-state index in [0.717, 1.165) is 29.4 Å². The predicted octanol–water partition coefficient (Wildman–Crippen LogP) is 2.63. The zero-order valence-electron chi connectivity index (χ0n) is 10.1. The fraction of sp³-hybridized carbons (Fsp3) is 0.462. The molecule has 100 valence electrons. The number of hydrogen-bond acceptors (Lipinski definition) is 2. The fourth-order valence-corrected chi connectivity index (χ4v) is 2.45. The number of nitrogens with one attached hydrogen (secondary N) is 2. The average Bonchev–Trinajstić information content (AvgIpc) is 2.38. The van der Waals surface area contributed by atoms with Crippen molar-refractivity contribution in [2.75, 3.05) is 6.54 Å². The molecule has 0 spiro atoms. The fourth-order valence-electron chi connectivity index (χ4n) is 2.02. The lowest BCUT2D eigenvalue weighted by Crippen LogP contribution is -2.46. The molecule has 1 aromatic rings. The van der Waals surface area contributed by atoms with E-state index < -0.39 is 0 Å². The van der Waals surface area contributed by atoms with Crippen molar-refractivity contribution in [2.24, 2.45) is 0 Å².